The Morgan fingerprint density at radius 1 is 0.857 bits per heavy atom. The Hall–Kier alpha value is -3.37. The van der Waals surface area contributed by atoms with Crippen molar-refractivity contribution in [2.75, 3.05) is 4.90 Å². The van der Waals surface area contributed by atoms with Crippen LogP contribution < -0.4 is 4.90 Å². The number of carbonyl (C=O) groups is 2. The number of hydrogen-bond donors (Lipinski definition) is 1. The Kier molecular flexibility index (Phi) is 6.37. The maximum Gasteiger partial charge on any atom is 0.300 e. The summed E-state index contributed by atoms with van der Waals surface area (Å²) in [7, 11) is 0. The molecule has 0 aliphatic carbocycles. The average molecular weight is 488 g/mol. The molecule has 1 fully saturated rings. The number of amides is 1. The van der Waals surface area contributed by atoms with E-state index in [9.17, 15) is 14.7 Å². The largest absolute Gasteiger partial charge is 0.507 e. The Morgan fingerprint density at radius 3 is 2.06 bits per heavy atom. The zero-order valence-electron chi connectivity index (χ0n) is 20.9. The average Bonchev–Trinajstić information content (AvgIpc) is 3.07. The van der Waals surface area contributed by atoms with Gasteiger partial charge in [0.2, 0.25) is 0 Å². The third-order valence-corrected chi connectivity index (χ3v) is 7.16. The highest BCUT2D eigenvalue weighted by Crippen LogP contribution is 2.43. The second-order valence-electron chi connectivity index (χ2n) is 10.3. The Labute approximate surface area is 211 Å². The van der Waals surface area contributed by atoms with Gasteiger partial charge in [0.25, 0.3) is 11.7 Å². The number of ketones is 1. The number of Topliss-reactive ketones (excluding diaryl/α,β-unsaturated/α-hetero) is 1. The van der Waals surface area contributed by atoms with Crippen molar-refractivity contribution in [2.45, 2.75) is 53.0 Å². The molecule has 4 nitrogen and oxygen atoms in total. The lowest BCUT2D eigenvalue weighted by Crippen LogP contribution is -2.29. The molecule has 1 heterocycles. The van der Waals surface area contributed by atoms with Crippen molar-refractivity contribution in [3.63, 3.8) is 0 Å². The van der Waals surface area contributed by atoms with Gasteiger partial charge in [-0.25, -0.2) is 0 Å². The molecule has 1 aliphatic heterocycles. The molecule has 0 spiro atoms. The summed E-state index contributed by atoms with van der Waals surface area (Å²) in [5.74, 6) is -1.60. The van der Waals surface area contributed by atoms with Gasteiger partial charge in [-0.05, 0) is 72.2 Å². The predicted octanol–water partition coefficient (Wildman–Crippen LogP) is 7.19. The normalized spacial score (nSPS) is 17.8. The monoisotopic (exact) mass is 487 g/mol. The molecule has 35 heavy (non-hydrogen) atoms. The summed E-state index contributed by atoms with van der Waals surface area (Å²) in [5.41, 5.74) is 5.82. The van der Waals surface area contributed by atoms with Gasteiger partial charge >= 0.3 is 0 Å². The second-order valence-corrected chi connectivity index (χ2v) is 10.7. The molecule has 180 valence electrons. The van der Waals surface area contributed by atoms with Crippen LogP contribution in [0.1, 0.15) is 60.2 Å². The molecule has 1 N–H and O–H groups in total. The van der Waals surface area contributed by atoms with Crippen LogP contribution in [0, 0.1) is 20.8 Å². The lowest BCUT2D eigenvalue weighted by atomic mass is 9.85. The van der Waals surface area contributed by atoms with Crippen LogP contribution in [0.3, 0.4) is 0 Å². The predicted molar refractivity (Wildman–Crippen MR) is 142 cm³/mol. The molecular formula is C30H30ClNO3. The van der Waals surface area contributed by atoms with Gasteiger partial charge in [-0.1, -0.05) is 74.8 Å². The van der Waals surface area contributed by atoms with E-state index in [2.05, 4.69) is 20.8 Å². The van der Waals surface area contributed by atoms with E-state index >= 15 is 0 Å². The van der Waals surface area contributed by atoms with Crippen molar-refractivity contribution in [3.05, 3.63) is 105 Å². The van der Waals surface area contributed by atoms with Gasteiger partial charge in [0.05, 0.1) is 11.6 Å². The van der Waals surface area contributed by atoms with Crippen LogP contribution >= 0.6 is 11.6 Å². The summed E-state index contributed by atoms with van der Waals surface area (Å²) in [6.45, 7) is 12.2. The maximum atomic E-state index is 13.4. The topological polar surface area (TPSA) is 57.6 Å². The van der Waals surface area contributed by atoms with E-state index in [0.717, 1.165) is 27.8 Å². The van der Waals surface area contributed by atoms with Crippen molar-refractivity contribution in [1.82, 2.24) is 0 Å². The third kappa shape index (κ3) is 4.51. The lowest BCUT2D eigenvalue weighted by molar-refractivity contribution is -0.132. The number of anilines is 1. The molecule has 0 saturated carbocycles. The van der Waals surface area contributed by atoms with E-state index in [-0.39, 0.29) is 16.7 Å². The highest BCUT2D eigenvalue weighted by molar-refractivity contribution is 6.51. The van der Waals surface area contributed by atoms with Crippen LogP contribution in [0.2, 0.25) is 5.02 Å². The van der Waals surface area contributed by atoms with Crippen LogP contribution in [0.15, 0.2) is 66.2 Å². The van der Waals surface area contributed by atoms with Gasteiger partial charge in [0.15, 0.2) is 0 Å². The summed E-state index contributed by atoms with van der Waals surface area (Å²) < 4.78 is 0. The Balaban J connectivity index is 1.95. The molecule has 1 unspecified atom stereocenters. The van der Waals surface area contributed by atoms with Crippen LogP contribution in [-0.4, -0.2) is 16.8 Å². The molecule has 0 bridgehead atoms. The minimum atomic E-state index is -0.788. The number of carbonyl (C=O) groups excluding carboxylic acids is 2. The standard InChI is InChI=1S/C30H30ClNO3/c1-17-7-9-21(15-19(17)3)27(33)25-26(20-10-12-22(13-11-20)30(4,5)6)32(29(35)28(25)34)23-14-8-18(2)24(31)16-23/h7-16,26,33H,1-6H3/b27-25+. The van der Waals surface area contributed by atoms with E-state index < -0.39 is 17.7 Å². The van der Waals surface area contributed by atoms with Gasteiger partial charge in [-0.3, -0.25) is 14.5 Å². The van der Waals surface area contributed by atoms with E-state index in [1.807, 2.05) is 63.2 Å². The molecular weight excluding hydrogens is 458 g/mol. The molecule has 1 aliphatic rings. The Morgan fingerprint density at radius 2 is 1.49 bits per heavy atom. The van der Waals surface area contributed by atoms with Crippen LogP contribution in [-0.2, 0) is 15.0 Å². The summed E-state index contributed by atoms with van der Waals surface area (Å²) in [6, 6.07) is 17.9. The number of hydrogen-bond acceptors (Lipinski definition) is 3. The zero-order valence-corrected chi connectivity index (χ0v) is 21.7. The number of nitrogens with zero attached hydrogens (tertiary/aromatic N) is 1. The molecule has 5 heteroatoms. The SMILES string of the molecule is Cc1ccc(/C(O)=C2\C(=O)C(=O)N(c3ccc(C)c(Cl)c3)C2c2ccc(C(C)(C)C)cc2)cc1C. The van der Waals surface area contributed by atoms with E-state index in [1.165, 1.54) is 4.90 Å². The first-order valence-electron chi connectivity index (χ1n) is 11.7. The first-order valence-corrected chi connectivity index (χ1v) is 12.0. The van der Waals surface area contributed by atoms with Gasteiger partial charge in [-0.15, -0.1) is 0 Å². The van der Waals surface area contributed by atoms with Gasteiger partial charge in [0, 0.05) is 16.3 Å². The molecule has 3 aromatic rings. The third-order valence-electron chi connectivity index (χ3n) is 6.75. The molecule has 4 rings (SSSR count). The molecule has 1 atom stereocenters. The molecule has 1 amide bonds. The molecule has 0 aromatic heterocycles. The van der Waals surface area contributed by atoms with E-state index in [4.69, 9.17) is 11.6 Å². The summed E-state index contributed by atoms with van der Waals surface area (Å²) in [6.07, 6.45) is 0. The summed E-state index contributed by atoms with van der Waals surface area (Å²) >= 11 is 6.38. The van der Waals surface area contributed by atoms with Gasteiger partial charge in [0.1, 0.15) is 5.76 Å². The van der Waals surface area contributed by atoms with Crippen LogP contribution in [0.25, 0.3) is 5.76 Å². The zero-order chi connectivity index (χ0) is 25.7. The number of aliphatic hydroxyl groups excluding tert-OH is 1. The fourth-order valence-corrected chi connectivity index (χ4v) is 4.53. The number of aryl methyl sites for hydroxylation is 3. The van der Waals surface area contributed by atoms with Gasteiger partial charge in [-0.2, -0.15) is 0 Å². The molecule has 3 aromatic carbocycles. The van der Waals surface area contributed by atoms with Crippen LogP contribution in [0.4, 0.5) is 5.69 Å². The quantitative estimate of drug-likeness (QED) is 0.241. The number of benzene rings is 3. The van der Waals surface area contributed by atoms with E-state index in [0.29, 0.717) is 16.3 Å². The number of halogens is 1. The molecule has 1 saturated heterocycles. The van der Waals surface area contributed by atoms with Gasteiger partial charge < -0.3 is 5.11 Å². The fourth-order valence-electron chi connectivity index (χ4n) is 4.36. The van der Waals surface area contributed by atoms with Crippen molar-refractivity contribution >= 4 is 34.7 Å². The van der Waals surface area contributed by atoms with Crippen molar-refractivity contribution in [3.8, 4) is 0 Å². The minimum Gasteiger partial charge on any atom is -0.507 e. The summed E-state index contributed by atoms with van der Waals surface area (Å²) in [4.78, 5) is 28.2. The minimum absolute atomic E-state index is 0.0513. The van der Waals surface area contributed by atoms with Crippen molar-refractivity contribution < 1.29 is 14.7 Å². The van der Waals surface area contributed by atoms with Crippen molar-refractivity contribution in [2.24, 2.45) is 0 Å². The first kappa shape index (κ1) is 24.7. The summed E-state index contributed by atoms with van der Waals surface area (Å²) in [5, 5.41) is 11.9. The van der Waals surface area contributed by atoms with Crippen LogP contribution in [0.5, 0.6) is 0 Å². The Bertz CT molecular complexity index is 1360. The smallest absolute Gasteiger partial charge is 0.300 e. The van der Waals surface area contributed by atoms with Crippen molar-refractivity contribution in [1.29, 1.82) is 0 Å². The second kappa shape index (κ2) is 9.01. The number of aliphatic hydroxyl groups is 1. The highest BCUT2D eigenvalue weighted by Gasteiger charge is 2.47. The lowest BCUT2D eigenvalue weighted by Gasteiger charge is -2.27. The first-order chi connectivity index (χ1) is 16.4. The van der Waals surface area contributed by atoms with E-state index in [1.54, 1.807) is 18.2 Å². The number of rotatable bonds is 3. The maximum absolute atomic E-state index is 13.4. The molecule has 0 radical (unpaired) electrons. The highest BCUT2D eigenvalue weighted by atomic mass is 35.5. The fraction of sp³-hybridized carbons (Fsp3) is 0.267.